The molecule has 0 bridgehead atoms. The molecule has 0 amide bonds. The van der Waals surface area contributed by atoms with E-state index in [-0.39, 0.29) is 5.56 Å². The van der Waals surface area contributed by atoms with Gasteiger partial charge in [0.15, 0.2) is 17.5 Å². The SMILES string of the molecule is Cc1ccc(CC(Cl)c2cc(F)c(F)c(F)c2)cc1. The van der Waals surface area contributed by atoms with Crippen LogP contribution in [0.25, 0.3) is 0 Å². The Morgan fingerprint density at radius 1 is 1.00 bits per heavy atom. The summed E-state index contributed by atoms with van der Waals surface area (Å²) in [4.78, 5) is 0. The Balaban J connectivity index is 2.20. The number of hydrogen-bond donors (Lipinski definition) is 0. The summed E-state index contributed by atoms with van der Waals surface area (Å²) in [7, 11) is 0. The van der Waals surface area contributed by atoms with Crippen molar-refractivity contribution in [3.05, 3.63) is 70.5 Å². The third-order valence-corrected chi connectivity index (χ3v) is 3.31. The van der Waals surface area contributed by atoms with Crippen LogP contribution in [0.3, 0.4) is 0 Å². The minimum absolute atomic E-state index is 0.235. The number of halogens is 4. The number of alkyl halides is 1. The van der Waals surface area contributed by atoms with Crippen molar-refractivity contribution in [1.82, 2.24) is 0 Å². The highest BCUT2D eigenvalue weighted by atomic mass is 35.5. The molecule has 0 saturated carbocycles. The van der Waals surface area contributed by atoms with E-state index in [1.54, 1.807) is 0 Å². The van der Waals surface area contributed by atoms with E-state index in [4.69, 9.17) is 11.6 Å². The van der Waals surface area contributed by atoms with Gasteiger partial charge in [-0.05, 0) is 36.6 Å². The molecule has 0 aliphatic heterocycles. The average molecular weight is 285 g/mol. The van der Waals surface area contributed by atoms with Gasteiger partial charge >= 0.3 is 0 Å². The minimum atomic E-state index is -1.47. The van der Waals surface area contributed by atoms with Crippen LogP contribution in [0.4, 0.5) is 13.2 Å². The predicted octanol–water partition coefficient (Wildman–Crippen LogP) is 4.93. The van der Waals surface area contributed by atoms with E-state index in [0.29, 0.717) is 6.42 Å². The van der Waals surface area contributed by atoms with Gasteiger partial charge in [-0.1, -0.05) is 29.8 Å². The quantitative estimate of drug-likeness (QED) is 0.553. The standard InChI is InChI=1S/C15H12ClF3/c1-9-2-4-10(5-3-9)6-12(16)11-7-13(17)15(19)14(18)8-11/h2-5,7-8,12H,6H2,1H3. The molecule has 1 atom stereocenters. The maximum Gasteiger partial charge on any atom is 0.194 e. The molecule has 2 aromatic rings. The van der Waals surface area contributed by atoms with Crippen LogP contribution in [0.1, 0.15) is 22.1 Å². The second-order valence-corrected chi connectivity index (χ2v) is 4.98. The lowest BCUT2D eigenvalue weighted by Crippen LogP contribution is -2.00. The lowest BCUT2D eigenvalue weighted by atomic mass is 10.0. The van der Waals surface area contributed by atoms with Gasteiger partial charge in [-0.3, -0.25) is 0 Å². The van der Waals surface area contributed by atoms with Crippen LogP contribution in [0.15, 0.2) is 36.4 Å². The number of benzene rings is 2. The Bertz CT molecular complexity index is 555. The Morgan fingerprint density at radius 2 is 1.53 bits per heavy atom. The molecule has 1 unspecified atom stereocenters. The lowest BCUT2D eigenvalue weighted by Gasteiger charge is -2.11. The number of hydrogen-bond acceptors (Lipinski definition) is 0. The molecule has 0 saturated heterocycles. The summed E-state index contributed by atoms with van der Waals surface area (Å²) >= 11 is 6.12. The number of aryl methyl sites for hydroxylation is 1. The van der Waals surface area contributed by atoms with Gasteiger partial charge in [0, 0.05) is 0 Å². The first-order valence-electron chi connectivity index (χ1n) is 5.81. The van der Waals surface area contributed by atoms with Gasteiger partial charge in [0.2, 0.25) is 0 Å². The van der Waals surface area contributed by atoms with Gasteiger partial charge in [-0.2, -0.15) is 0 Å². The molecular formula is C15H12ClF3. The van der Waals surface area contributed by atoms with Crippen molar-refractivity contribution in [2.75, 3.05) is 0 Å². The topological polar surface area (TPSA) is 0 Å². The van der Waals surface area contributed by atoms with Gasteiger partial charge in [-0.25, -0.2) is 13.2 Å². The Labute approximate surface area is 114 Å². The van der Waals surface area contributed by atoms with E-state index in [1.807, 2.05) is 31.2 Å². The van der Waals surface area contributed by atoms with Crippen molar-refractivity contribution in [1.29, 1.82) is 0 Å². The second kappa shape index (κ2) is 5.66. The Hall–Kier alpha value is -1.48. The van der Waals surface area contributed by atoms with Crippen LogP contribution >= 0.6 is 11.6 Å². The minimum Gasteiger partial charge on any atom is -0.204 e. The fraction of sp³-hybridized carbons (Fsp3) is 0.200. The molecule has 100 valence electrons. The highest BCUT2D eigenvalue weighted by Crippen LogP contribution is 2.27. The Kier molecular flexibility index (Phi) is 4.15. The molecular weight excluding hydrogens is 273 g/mol. The van der Waals surface area contributed by atoms with Crippen molar-refractivity contribution < 1.29 is 13.2 Å². The van der Waals surface area contributed by atoms with Gasteiger partial charge in [0.05, 0.1) is 5.38 Å². The smallest absolute Gasteiger partial charge is 0.194 e. The molecule has 0 heterocycles. The van der Waals surface area contributed by atoms with Crippen molar-refractivity contribution in [3.63, 3.8) is 0 Å². The maximum absolute atomic E-state index is 13.1. The number of rotatable bonds is 3. The predicted molar refractivity (Wildman–Crippen MR) is 69.8 cm³/mol. The molecule has 19 heavy (non-hydrogen) atoms. The molecule has 0 aromatic heterocycles. The summed E-state index contributed by atoms with van der Waals surface area (Å²) in [6.45, 7) is 1.96. The van der Waals surface area contributed by atoms with Crippen LogP contribution in [0.5, 0.6) is 0 Å². The van der Waals surface area contributed by atoms with Crippen molar-refractivity contribution in [3.8, 4) is 0 Å². The highest BCUT2D eigenvalue weighted by Gasteiger charge is 2.16. The first-order chi connectivity index (χ1) is 8.97. The molecule has 0 aliphatic carbocycles. The molecule has 0 N–H and O–H groups in total. The zero-order chi connectivity index (χ0) is 14.0. The van der Waals surface area contributed by atoms with Gasteiger partial charge in [0.25, 0.3) is 0 Å². The van der Waals surface area contributed by atoms with Crippen LogP contribution in [-0.4, -0.2) is 0 Å². The van der Waals surface area contributed by atoms with Gasteiger partial charge in [0.1, 0.15) is 0 Å². The molecule has 0 radical (unpaired) electrons. The summed E-state index contributed by atoms with van der Waals surface area (Å²) in [6.07, 6.45) is 0.423. The summed E-state index contributed by atoms with van der Waals surface area (Å²) in [5, 5.41) is -0.604. The molecule has 2 aromatic carbocycles. The van der Waals surface area contributed by atoms with E-state index in [1.165, 1.54) is 0 Å². The van der Waals surface area contributed by atoms with Crippen molar-refractivity contribution in [2.45, 2.75) is 18.7 Å². The molecule has 0 nitrogen and oxygen atoms in total. The summed E-state index contributed by atoms with van der Waals surface area (Å²) in [5.74, 6) is -3.91. The van der Waals surface area contributed by atoms with Crippen LogP contribution < -0.4 is 0 Å². The molecule has 4 heteroatoms. The van der Waals surface area contributed by atoms with E-state index in [9.17, 15) is 13.2 Å². The maximum atomic E-state index is 13.1. The zero-order valence-corrected chi connectivity index (χ0v) is 11.0. The summed E-state index contributed by atoms with van der Waals surface area (Å²) < 4.78 is 39.1. The van der Waals surface area contributed by atoms with Crippen molar-refractivity contribution in [2.24, 2.45) is 0 Å². The second-order valence-electron chi connectivity index (χ2n) is 4.46. The van der Waals surface area contributed by atoms with Crippen molar-refractivity contribution >= 4 is 11.6 Å². The molecule has 0 fully saturated rings. The largest absolute Gasteiger partial charge is 0.204 e. The summed E-state index contributed by atoms with van der Waals surface area (Å²) in [6, 6.07) is 9.55. The van der Waals surface area contributed by atoms with E-state index < -0.39 is 22.8 Å². The fourth-order valence-corrected chi connectivity index (χ4v) is 2.11. The molecule has 0 spiro atoms. The van der Waals surface area contributed by atoms with E-state index in [0.717, 1.165) is 23.3 Å². The first kappa shape index (κ1) is 13.9. The first-order valence-corrected chi connectivity index (χ1v) is 6.25. The normalized spacial score (nSPS) is 12.5. The highest BCUT2D eigenvalue weighted by molar-refractivity contribution is 6.20. The molecule has 2 rings (SSSR count). The Morgan fingerprint density at radius 3 is 2.05 bits per heavy atom. The summed E-state index contributed by atoms with van der Waals surface area (Å²) in [5.41, 5.74) is 2.31. The lowest BCUT2D eigenvalue weighted by molar-refractivity contribution is 0.445. The fourth-order valence-electron chi connectivity index (χ4n) is 1.80. The molecule has 0 aliphatic rings. The third-order valence-electron chi connectivity index (χ3n) is 2.90. The van der Waals surface area contributed by atoms with Crippen LogP contribution in [0.2, 0.25) is 0 Å². The zero-order valence-electron chi connectivity index (χ0n) is 10.3. The van der Waals surface area contributed by atoms with Gasteiger partial charge < -0.3 is 0 Å². The van der Waals surface area contributed by atoms with E-state index >= 15 is 0 Å². The van der Waals surface area contributed by atoms with E-state index in [2.05, 4.69) is 0 Å². The third kappa shape index (κ3) is 3.29. The van der Waals surface area contributed by atoms with Crippen LogP contribution in [0, 0.1) is 24.4 Å². The average Bonchev–Trinajstić information content (AvgIpc) is 2.38. The van der Waals surface area contributed by atoms with Crippen LogP contribution in [-0.2, 0) is 6.42 Å². The van der Waals surface area contributed by atoms with Gasteiger partial charge in [-0.15, -0.1) is 11.6 Å². The monoisotopic (exact) mass is 284 g/mol.